The summed E-state index contributed by atoms with van der Waals surface area (Å²) in [6.07, 6.45) is 6.04. The number of carbonyl (C=O) groups excluding carboxylic acids is 2. The third-order valence-corrected chi connectivity index (χ3v) is 8.24. The summed E-state index contributed by atoms with van der Waals surface area (Å²) in [5.41, 5.74) is 4.04. The molecule has 1 aromatic heterocycles. The van der Waals surface area contributed by atoms with Gasteiger partial charge in [-0.25, -0.2) is 0 Å². The topological polar surface area (TPSA) is 72.0 Å². The van der Waals surface area contributed by atoms with Gasteiger partial charge in [-0.15, -0.1) is 0 Å². The number of aromatic nitrogens is 1. The Morgan fingerprint density at radius 3 is 2.59 bits per heavy atom. The van der Waals surface area contributed by atoms with E-state index in [2.05, 4.69) is 58.4 Å². The summed E-state index contributed by atoms with van der Waals surface area (Å²) in [7, 11) is 1.45. The number of piperidine rings is 1. The van der Waals surface area contributed by atoms with Crippen LogP contribution in [0.4, 0.5) is 0 Å². The van der Waals surface area contributed by atoms with Gasteiger partial charge in [0.25, 0.3) is 0 Å². The molecule has 3 aromatic rings. The van der Waals surface area contributed by atoms with Crippen LogP contribution < -0.4 is 0 Å². The first-order chi connectivity index (χ1) is 18.0. The quantitative estimate of drug-likeness (QED) is 0.470. The van der Waals surface area contributed by atoms with Gasteiger partial charge in [-0.3, -0.25) is 19.5 Å². The average Bonchev–Trinajstić information content (AvgIpc) is 3.79. The molecule has 3 heterocycles. The molecule has 2 aliphatic heterocycles. The maximum Gasteiger partial charge on any atom is 0.307 e. The van der Waals surface area contributed by atoms with Crippen LogP contribution in [0.15, 0.2) is 60.8 Å². The summed E-state index contributed by atoms with van der Waals surface area (Å²) >= 11 is 0. The lowest BCUT2D eigenvalue weighted by Gasteiger charge is -2.48. The van der Waals surface area contributed by atoms with Crippen LogP contribution in [-0.4, -0.2) is 71.7 Å². The molecule has 1 atom stereocenters. The van der Waals surface area contributed by atoms with E-state index in [4.69, 9.17) is 9.47 Å². The maximum absolute atomic E-state index is 12.4. The Morgan fingerprint density at radius 1 is 1.11 bits per heavy atom. The van der Waals surface area contributed by atoms with Gasteiger partial charge in [-0.2, -0.15) is 0 Å². The number of hydrogen-bond donors (Lipinski definition) is 0. The molecular weight excluding hydrogens is 466 g/mol. The molecule has 3 fully saturated rings. The van der Waals surface area contributed by atoms with Crippen LogP contribution in [0, 0.1) is 0 Å². The molecule has 0 N–H and O–H groups in total. The van der Waals surface area contributed by atoms with E-state index >= 15 is 0 Å². The third kappa shape index (κ3) is 4.98. The van der Waals surface area contributed by atoms with Crippen molar-refractivity contribution in [3.05, 3.63) is 66.4 Å². The monoisotopic (exact) mass is 499 g/mol. The number of ether oxygens (including phenoxy) is 2. The van der Waals surface area contributed by atoms with Crippen molar-refractivity contribution in [3.63, 3.8) is 0 Å². The molecule has 1 aliphatic carbocycles. The second-order valence-electron chi connectivity index (χ2n) is 10.6. The van der Waals surface area contributed by atoms with E-state index in [-0.39, 0.29) is 30.1 Å². The number of esters is 1. The van der Waals surface area contributed by atoms with Crippen LogP contribution in [-0.2, 0) is 19.1 Å². The molecule has 3 aliphatic rings. The fourth-order valence-electron chi connectivity index (χ4n) is 5.85. The number of hydrogen-bond acceptors (Lipinski definition) is 6. The lowest BCUT2D eigenvalue weighted by atomic mass is 9.87. The Labute approximate surface area is 217 Å². The summed E-state index contributed by atoms with van der Waals surface area (Å²) < 4.78 is 11.2. The number of rotatable bonds is 6. The second kappa shape index (κ2) is 9.88. The zero-order chi connectivity index (χ0) is 25.4. The summed E-state index contributed by atoms with van der Waals surface area (Å²) in [4.78, 5) is 33.6. The second-order valence-corrected chi connectivity index (χ2v) is 10.6. The number of carbonyl (C=O) groups is 2. The molecule has 1 amide bonds. The van der Waals surface area contributed by atoms with Crippen molar-refractivity contribution in [2.45, 2.75) is 49.8 Å². The third-order valence-electron chi connectivity index (χ3n) is 8.24. The van der Waals surface area contributed by atoms with E-state index < -0.39 is 0 Å². The van der Waals surface area contributed by atoms with Gasteiger partial charge in [0, 0.05) is 36.8 Å². The molecule has 192 valence electrons. The number of likely N-dealkylation sites (tertiary alicyclic amines) is 1. The van der Waals surface area contributed by atoms with Crippen molar-refractivity contribution >= 4 is 22.8 Å². The molecular formula is C30H33N3O4. The van der Waals surface area contributed by atoms with E-state index in [9.17, 15) is 9.59 Å². The summed E-state index contributed by atoms with van der Waals surface area (Å²) in [5.74, 6) is -0.0872. The van der Waals surface area contributed by atoms with E-state index in [1.807, 2.05) is 17.2 Å². The molecule has 7 nitrogen and oxygen atoms in total. The van der Waals surface area contributed by atoms with Crippen LogP contribution in [0.2, 0.25) is 0 Å². The highest BCUT2D eigenvalue weighted by molar-refractivity contribution is 5.84. The number of pyridine rings is 1. The Hall–Kier alpha value is -3.29. The van der Waals surface area contributed by atoms with Crippen LogP contribution >= 0.6 is 0 Å². The predicted octanol–water partition coefficient (Wildman–Crippen LogP) is 4.36. The smallest absolute Gasteiger partial charge is 0.307 e. The average molecular weight is 500 g/mol. The van der Waals surface area contributed by atoms with Crippen molar-refractivity contribution in [3.8, 4) is 11.1 Å². The summed E-state index contributed by atoms with van der Waals surface area (Å²) in [6.45, 7) is 2.51. The number of amides is 1. The van der Waals surface area contributed by atoms with E-state index in [1.54, 1.807) is 0 Å². The first-order valence-electron chi connectivity index (χ1n) is 13.2. The Balaban J connectivity index is 1.19. The van der Waals surface area contributed by atoms with Crippen molar-refractivity contribution in [1.82, 2.24) is 14.8 Å². The minimum Gasteiger partial charge on any atom is -0.469 e. The van der Waals surface area contributed by atoms with Gasteiger partial charge in [-0.1, -0.05) is 42.5 Å². The van der Waals surface area contributed by atoms with Crippen LogP contribution in [0.25, 0.3) is 22.0 Å². The first kappa shape index (κ1) is 24.1. The number of fused-ring (bicyclic) bond motifs is 1. The minimum absolute atomic E-state index is 0.0677. The van der Waals surface area contributed by atoms with E-state index in [0.29, 0.717) is 19.0 Å². The number of methoxy groups -OCH3 is 1. The van der Waals surface area contributed by atoms with Gasteiger partial charge in [0.15, 0.2) is 0 Å². The highest BCUT2D eigenvalue weighted by Crippen LogP contribution is 2.39. The Morgan fingerprint density at radius 2 is 1.86 bits per heavy atom. The largest absolute Gasteiger partial charge is 0.469 e. The minimum atomic E-state index is -0.267. The number of nitrogens with zero attached hydrogens (tertiary/aromatic N) is 3. The number of morpholine rings is 1. The SMILES string of the molecule is COC(=O)CC(c1ccc(-c2ccc3cccnc3c2)cc1)N1CCC2(CC1)CN(C1CC1)C(=O)CO2. The van der Waals surface area contributed by atoms with E-state index in [1.165, 1.54) is 7.11 Å². The predicted molar refractivity (Wildman–Crippen MR) is 141 cm³/mol. The van der Waals surface area contributed by atoms with Gasteiger partial charge in [-0.05, 0) is 54.5 Å². The molecule has 0 radical (unpaired) electrons. The Bertz CT molecular complexity index is 1300. The van der Waals surface area contributed by atoms with Crippen LogP contribution in [0.1, 0.15) is 43.7 Å². The van der Waals surface area contributed by atoms with Crippen molar-refractivity contribution < 1.29 is 19.1 Å². The highest BCUT2D eigenvalue weighted by atomic mass is 16.5. The summed E-state index contributed by atoms with van der Waals surface area (Å²) in [5, 5.41) is 1.12. The van der Waals surface area contributed by atoms with Gasteiger partial charge in [0.1, 0.15) is 6.61 Å². The van der Waals surface area contributed by atoms with Crippen molar-refractivity contribution in [1.29, 1.82) is 0 Å². The molecule has 1 unspecified atom stereocenters. The van der Waals surface area contributed by atoms with Crippen molar-refractivity contribution in [2.75, 3.05) is 33.4 Å². The lowest BCUT2D eigenvalue weighted by molar-refractivity contribution is -0.174. The first-order valence-corrected chi connectivity index (χ1v) is 13.2. The maximum atomic E-state index is 12.4. The van der Waals surface area contributed by atoms with Crippen LogP contribution in [0.3, 0.4) is 0 Å². The zero-order valence-electron chi connectivity index (χ0n) is 21.3. The molecule has 37 heavy (non-hydrogen) atoms. The van der Waals surface area contributed by atoms with Gasteiger partial charge < -0.3 is 14.4 Å². The molecule has 2 aromatic carbocycles. The molecule has 7 heteroatoms. The molecule has 2 saturated heterocycles. The van der Waals surface area contributed by atoms with Gasteiger partial charge in [0.2, 0.25) is 5.91 Å². The fraction of sp³-hybridized carbons (Fsp3) is 0.433. The molecule has 0 bridgehead atoms. The van der Waals surface area contributed by atoms with Crippen LogP contribution in [0.5, 0.6) is 0 Å². The molecule has 6 rings (SSSR count). The standard InChI is InChI=1S/C30H33N3O4/c1-36-29(35)18-27(32-15-12-30(13-16-32)20-33(25-10-11-25)28(34)19-37-30)23-7-4-21(5-8-23)24-9-6-22-3-2-14-31-26(22)17-24/h2-9,14,17,25,27H,10-13,15-16,18-20H2,1H3. The molecule has 1 saturated carbocycles. The zero-order valence-corrected chi connectivity index (χ0v) is 21.3. The lowest BCUT2D eigenvalue weighted by Crippen LogP contribution is -2.59. The number of benzene rings is 2. The highest BCUT2D eigenvalue weighted by Gasteiger charge is 2.47. The fourth-order valence-corrected chi connectivity index (χ4v) is 5.85. The van der Waals surface area contributed by atoms with Crippen molar-refractivity contribution in [2.24, 2.45) is 0 Å². The molecule has 1 spiro atoms. The van der Waals surface area contributed by atoms with E-state index in [0.717, 1.165) is 66.4 Å². The normalized spacial score (nSPS) is 20.8. The van der Waals surface area contributed by atoms with Gasteiger partial charge in [0.05, 0.1) is 31.2 Å². The van der Waals surface area contributed by atoms with Gasteiger partial charge >= 0.3 is 5.97 Å². The summed E-state index contributed by atoms with van der Waals surface area (Å²) in [6, 6.07) is 19.2. The Kier molecular flexibility index (Phi) is 6.42.